The van der Waals surface area contributed by atoms with E-state index in [0.717, 1.165) is 22.6 Å². The van der Waals surface area contributed by atoms with Crippen molar-refractivity contribution in [3.63, 3.8) is 0 Å². The molecule has 0 unspecified atom stereocenters. The molecule has 0 bridgehead atoms. The zero-order valence-electron chi connectivity index (χ0n) is 9.14. The molecule has 2 aromatic rings. The van der Waals surface area contributed by atoms with Crippen molar-refractivity contribution in [3.05, 3.63) is 36.4 Å². The average molecular weight is 228 g/mol. The Bertz CT molecular complexity index is 582. The number of hydrogen-bond donors (Lipinski definition) is 2. The van der Waals surface area contributed by atoms with E-state index >= 15 is 0 Å². The van der Waals surface area contributed by atoms with Crippen molar-refractivity contribution in [3.8, 4) is 22.6 Å². The van der Waals surface area contributed by atoms with Crippen LogP contribution in [0.15, 0.2) is 36.4 Å². The van der Waals surface area contributed by atoms with Crippen LogP contribution < -0.4 is 20.9 Å². The van der Waals surface area contributed by atoms with Gasteiger partial charge in [0.15, 0.2) is 11.5 Å². The molecule has 2 aromatic carbocycles. The maximum absolute atomic E-state index is 5.95. The highest BCUT2D eigenvalue weighted by atomic mass is 16.7. The van der Waals surface area contributed by atoms with E-state index in [0.29, 0.717) is 11.4 Å². The van der Waals surface area contributed by atoms with Gasteiger partial charge in [0, 0.05) is 16.9 Å². The topological polar surface area (TPSA) is 70.5 Å². The van der Waals surface area contributed by atoms with Gasteiger partial charge in [-0.3, -0.25) is 0 Å². The van der Waals surface area contributed by atoms with E-state index < -0.39 is 0 Å². The summed E-state index contributed by atoms with van der Waals surface area (Å²) in [6, 6.07) is 11.2. The van der Waals surface area contributed by atoms with Crippen LogP contribution in [0.3, 0.4) is 0 Å². The Labute approximate surface area is 98.8 Å². The largest absolute Gasteiger partial charge is 0.454 e. The van der Waals surface area contributed by atoms with Gasteiger partial charge in [-0.1, -0.05) is 12.1 Å². The molecular formula is C13H12N2O2. The maximum atomic E-state index is 5.95. The molecule has 0 atom stereocenters. The van der Waals surface area contributed by atoms with Gasteiger partial charge in [0.05, 0.1) is 0 Å². The third kappa shape index (κ3) is 1.63. The van der Waals surface area contributed by atoms with Gasteiger partial charge >= 0.3 is 0 Å². The molecule has 0 radical (unpaired) electrons. The molecule has 3 rings (SSSR count). The van der Waals surface area contributed by atoms with Gasteiger partial charge in [-0.15, -0.1) is 0 Å². The van der Waals surface area contributed by atoms with Gasteiger partial charge in [-0.25, -0.2) is 0 Å². The molecule has 0 fully saturated rings. The summed E-state index contributed by atoms with van der Waals surface area (Å²) in [5.74, 6) is 1.52. The van der Waals surface area contributed by atoms with E-state index in [4.69, 9.17) is 20.9 Å². The smallest absolute Gasteiger partial charge is 0.231 e. The Morgan fingerprint density at radius 3 is 2.53 bits per heavy atom. The van der Waals surface area contributed by atoms with E-state index in [9.17, 15) is 0 Å². The molecular weight excluding hydrogens is 216 g/mol. The van der Waals surface area contributed by atoms with E-state index in [2.05, 4.69) is 0 Å². The number of fused-ring (bicyclic) bond motifs is 1. The molecule has 0 saturated heterocycles. The zero-order chi connectivity index (χ0) is 11.8. The number of benzene rings is 2. The molecule has 4 nitrogen and oxygen atoms in total. The molecule has 1 aliphatic heterocycles. The lowest BCUT2D eigenvalue weighted by Crippen LogP contribution is -1.93. The molecule has 86 valence electrons. The summed E-state index contributed by atoms with van der Waals surface area (Å²) in [4.78, 5) is 0. The van der Waals surface area contributed by atoms with Crippen molar-refractivity contribution in [2.75, 3.05) is 18.3 Å². The molecule has 4 heteroatoms. The predicted molar refractivity (Wildman–Crippen MR) is 66.8 cm³/mol. The van der Waals surface area contributed by atoms with Crippen LogP contribution in [0.1, 0.15) is 0 Å². The molecule has 0 saturated carbocycles. The maximum Gasteiger partial charge on any atom is 0.231 e. The van der Waals surface area contributed by atoms with Crippen LogP contribution in [0.5, 0.6) is 11.5 Å². The van der Waals surface area contributed by atoms with Gasteiger partial charge in [0.2, 0.25) is 6.79 Å². The fraction of sp³-hybridized carbons (Fsp3) is 0.0769. The summed E-state index contributed by atoms with van der Waals surface area (Å²) < 4.78 is 10.6. The SMILES string of the molecule is Nc1ccc(-c2ccc3c(c2)OCO3)c(N)c1. The van der Waals surface area contributed by atoms with Crippen LogP contribution >= 0.6 is 0 Å². The highest BCUT2D eigenvalue weighted by Crippen LogP contribution is 2.37. The van der Waals surface area contributed by atoms with Crippen molar-refractivity contribution in [1.82, 2.24) is 0 Å². The molecule has 0 spiro atoms. The normalized spacial score (nSPS) is 12.7. The molecule has 17 heavy (non-hydrogen) atoms. The molecule has 0 amide bonds. The molecule has 0 aromatic heterocycles. The molecule has 1 aliphatic rings. The van der Waals surface area contributed by atoms with Gasteiger partial charge < -0.3 is 20.9 Å². The van der Waals surface area contributed by atoms with E-state index in [1.807, 2.05) is 30.3 Å². The van der Waals surface area contributed by atoms with E-state index in [-0.39, 0.29) is 6.79 Å². The number of rotatable bonds is 1. The third-order valence-electron chi connectivity index (χ3n) is 2.76. The molecule has 1 heterocycles. The van der Waals surface area contributed by atoms with Gasteiger partial charge in [0.25, 0.3) is 0 Å². The zero-order valence-corrected chi connectivity index (χ0v) is 9.14. The lowest BCUT2D eigenvalue weighted by Gasteiger charge is -2.07. The van der Waals surface area contributed by atoms with Crippen LogP contribution in [0.4, 0.5) is 11.4 Å². The Morgan fingerprint density at radius 1 is 0.882 bits per heavy atom. The number of hydrogen-bond acceptors (Lipinski definition) is 4. The first-order chi connectivity index (χ1) is 8.24. The first kappa shape index (κ1) is 9.84. The number of nitrogens with two attached hydrogens (primary N) is 2. The van der Waals surface area contributed by atoms with Crippen molar-refractivity contribution < 1.29 is 9.47 Å². The number of anilines is 2. The minimum atomic E-state index is 0.274. The Morgan fingerprint density at radius 2 is 1.71 bits per heavy atom. The monoisotopic (exact) mass is 228 g/mol. The number of ether oxygens (including phenoxy) is 2. The fourth-order valence-corrected chi connectivity index (χ4v) is 1.91. The first-order valence-corrected chi connectivity index (χ1v) is 5.29. The second-order valence-corrected chi connectivity index (χ2v) is 3.91. The average Bonchev–Trinajstić information content (AvgIpc) is 2.75. The summed E-state index contributed by atoms with van der Waals surface area (Å²) in [6.07, 6.45) is 0. The van der Waals surface area contributed by atoms with Gasteiger partial charge in [0.1, 0.15) is 0 Å². The fourth-order valence-electron chi connectivity index (χ4n) is 1.91. The Kier molecular flexibility index (Phi) is 2.08. The first-order valence-electron chi connectivity index (χ1n) is 5.29. The lowest BCUT2D eigenvalue weighted by molar-refractivity contribution is 0.174. The molecule has 4 N–H and O–H groups in total. The summed E-state index contributed by atoms with van der Waals surface area (Å²) in [5.41, 5.74) is 14.9. The van der Waals surface area contributed by atoms with Crippen molar-refractivity contribution >= 4 is 11.4 Å². The second kappa shape index (κ2) is 3.59. The predicted octanol–water partition coefficient (Wildman–Crippen LogP) is 2.25. The summed E-state index contributed by atoms with van der Waals surface area (Å²) in [7, 11) is 0. The van der Waals surface area contributed by atoms with Gasteiger partial charge in [-0.2, -0.15) is 0 Å². The Hall–Kier alpha value is -2.36. The van der Waals surface area contributed by atoms with Crippen LogP contribution in [0.2, 0.25) is 0 Å². The summed E-state index contributed by atoms with van der Waals surface area (Å²) in [6.45, 7) is 0.274. The molecule has 0 aliphatic carbocycles. The highest BCUT2D eigenvalue weighted by Gasteiger charge is 2.14. The third-order valence-corrected chi connectivity index (χ3v) is 2.76. The number of nitrogen functional groups attached to an aromatic ring is 2. The summed E-state index contributed by atoms with van der Waals surface area (Å²) >= 11 is 0. The van der Waals surface area contributed by atoms with Crippen molar-refractivity contribution in [1.29, 1.82) is 0 Å². The Balaban J connectivity index is 2.09. The van der Waals surface area contributed by atoms with E-state index in [1.165, 1.54) is 0 Å². The highest BCUT2D eigenvalue weighted by molar-refractivity contribution is 5.80. The lowest BCUT2D eigenvalue weighted by atomic mass is 10.0. The van der Waals surface area contributed by atoms with Crippen molar-refractivity contribution in [2.24, 2.45) is 0 Å². The van der Waals surface area contributed by atoms with E-state index in [1.54, 1.807) is 6.07 Å². The second-order valence-electron chi connectivity index (χ2n) is 3.91. The van der Waals surface area contributed by atoms with Gasteiger partial charge in [-0.05, 0) is 29.8 Å². The van der Waals surface area contributed by atoms with Crippen LogP contribution in [0.25, 0.3) is 11.1 Å². The standard InChI is InChI=1S/C13H12N2O2/c14-9-2-3-10(11(15)6-9)8-1-4-12-13(5-8)17-7-16-12/h1-6H,7,14-15H2. The summed E-state index contributed by atoms with van der Waals surface area (Å²) in [5, 5.41) is 0. The van der Waals surface area contributed by atoms with Crippen LogP contribution in [-0.4, -0.2) is 6.79 Å². The van der Waals surface area contributed by atoms with Crippen molar-refractivity contribution in [2.45, 2.75) is 0 Å². The quantitative estimate of drug-likeness (QED) is 0.734. The minimum absolute atomic E-state index is 0.274. The van der Waals surface area contributed by atoms with Crippen LogP contribution in [-0.2, 0) is 0 Å². The van der Waals surface area contributed by atoms with Crippen LogP contribution in [0, 0.1) is 0 Å². The minimum Gasteiger partial charge on any atom is -0.454 e.